The van der Waals surface area contributed by atoms with Crippen molar-refractivity contribution in [2.24, 2.45) is 11.8 Å². The summed E-state index contributed by atoms with van der Waals surface area (Å²) in [6, 6.07) is 22.7. The molecule has 1 aliphatic heterocycles. The highest BCUT2D eigenvalue weighted by atomic mass is 35.5. The van der Waals surface area contributed by atoms with E-state index in [-0.39, 0.29) is 40.9 Å². The fourth-order valence-electron chi connectivity index (χ4n) is 5.36. The minimum absolute atomic E-state index is 0.158. The third kappa shape index (κ3) is 4.94. The van der Waals surface area contributed by atoms with Crippen molar-refractivity contribution in [3.05, 3.63) is 101 Å². The first-order chi connectivity index (χ1) is 17.8. The van der Waals surface area contributed by atoms with Gasteiger partial charge < -0.3 is 4.74 Å². The molecule has 0 aromatic heterocycles. The quantitative estimate of drug-likeness (QED) is 0.234. The van der Waals surface area contributed by atoms with Gasteiger partial charge in [-0.25, -0.2) is 4.79 Å². The fraction of sp³-hybridized carbons (Fsp3) is 0.267. The summed E-state index contributed by atoms with van der Waals surface area (Å²) in [4.78, 5) is 53.3. The second kappa shape index (κ2) is 10.3. The Kier molecular flexibility index (Phi) is 6.94. The van der Waals surface area contributed by atoms with Crippen LogP contribution in [0.4, 0.5) is 5.69 Å². The maximum atomic E-state index is 13.4. The van der Waals surface area contributed by atoms with E-state index in [1.165, 1.54) is 29.5 Å². The first-order valence-corrected chi connectivity index (χ1v) is 12.7. The minimum Gasteiger partial charge on any atom is -0.451 e. The van der Waals surface area contributed by atoms with Crippen molar-refractivity contribution < 1.29 is 23.9 Å². The number of esters is 1. The van der Waals surface area contributed by atoms with E-state index in [0.717, 1.165) is 6.42 Å². The fourth-order valence-corrected chi connectivity index (χ4v) is 5.49. The second-order valence-electron chi connectivity index (χ2n) is 9.61. The zero-order valence-corrected chi connectivity index (χ0v) is 21.1. The number of anilines is 1. The van der Waals surface area contributed by atoms with Crippen molar-refractivity contribution in [1.82, 2.24) is 0 Å². The first kappa shape index (κ1) is 24.9. The molecule has 0 unspecified atom stereocenters. The van der Waals surface area contributed by atoms with Gasteiger partial charge in [-0.05, 0) is 80.1 Å². The van der Waals surface area contributed by atoms with Crippen LogP contribution in [-0.2, 0) is 14.3 Å². The maximum absolute atomic E-state index is 13.4. The summed E-state index contributed by atoms with van der Waals surface area (Å²) < 4.78 is 5.40. The number of halogens is 1. The lowest BCUT2D eigenvalue weighted by Crippen LogP contribution is -2.31. The van der Waals surface area contributed by atoms with E-state index in [1.807, 2.05) is 18.2 Å². The molecule has 4 atom stereocenters. The number of benzene rings is 3. The Labute approximate surface area is 220 Å². The number of ether oxygens (including phenoxy) is 1. The number of carbonyl (C=O) groups excluding carboxylic acids is 4. The van der Waals surface area contributed by atoms with Crippen LogP contribution in [-0.4, -0.2) is 29.7 Å². The second-order valence-corrected chi connectivity index (χ2v) is 10.1. The zero-order valence-electron chi connectivity index (χ0n) is 20.3. The molecule has 3 aromatic rings. The smallest absolute Gasteiger partial charge is 0.338 e. The summed E-state index contributed by atoms with van der Waals surface area (Å²) in [5.74, 6) is -2.01. The van der Waals surface area contributed by atoms with E-state index < -0.39 is 12.1 Å². The number of carbonyl (C=O) groups is 4. The van der Waals surface area contributed by atoms with Gasteiger partial charge in [0.2, 0.25) is 17.6 Å². The van der Waals surface area contributed by atoms with Gasteiger partial charge in [-0.3, -0.25) is 19.3 Å². The number of amides is 2. The Balaban J connectivity index is 1.30. The number of hydrogen-bond donors (Lipinski definition) is 0. The average molecular weight is 516 g/mol. The Morgan fingerprint density at radius 2 is 1.57 bits per heavy atom. The Hall–Kier alpha value is -3.77. The molecule has 7 heteroatoms. The van der Waals surface area contributed by atoms with Gasteiger partial charge in [0.25, 0.3) is 0 Å². The van der Waals surface area contributed by atoms with Crippen molar-refractivity contribution in [1.29, 1.82) is 0 Å². The molecule has 0 N–H and O–H groups in total. The lowest BCUT2D eigenvalue weighted by atomic mass is 9.73. The van der Waals surface area contributed by atoms with Gasteiger partial charge in [-0.2, -0.15) is 0 Å². The summed E-state index contributed by atoms with van der Waals surface area (Å²) in [7, 11) is 0. The topological polar surface area (TPSA) is 80.8 Å². The molecule has 1 saturated carbocycles. The van der Waals surface area contributed by atoms with Gasteiger partial charge >= 0.3 is 5.97 Å². The van der Waals surface area contributed by atoms with Gasteiger partial charge in [-0.1, -0.05) is 48.0 Å². The largest absolute Gasteiger partial charge is 0.451 e. The maximum Gasteiger partial charge on any atom is 0.338 e. The molecule has 1 saturated heterocycles. The number of Topliss-reactive ketones (excluding diaryl/α,β-unsaturated/α-hetero) is 1. The van der Waals surface area contributed by atoms with Crippen LogP contribution in [0.5, 0.6) is 0 Å². The lowest BCUT2D eigenvalue weighted by Gasteiger charge is -2.28. The summed E-state index contributed by atoms with van der Waals surface area (Å²) >= 11 is 5.88. The van der Waals surface area contributed by atoms with Crippen LogP contribution in [0.2, 0.25) is 5.02 Å². The number of imide groups is 1. The molecule has 0 bridgehead atoms. The molecular formula is C30H26ClNO5. The van der Waals surface area contributed by atoms with Crippen LogP contribution in [0.1, 0.15) is 58.4 Å². The average Bonchev–Trinajstić information content (AvgIpc) is 3.18. The van der Waals surface area contributed by atoms with Gasteiger partial charge in [0.05, 0.1) is 23.1 Å². The molecule has 3 aromatic carbocycles. The molecule has 1 heterocycles. The number of hydrogen-bond acceptors (Lipinski definition) is 5. The van der Waals surface area contributed by atoms with Gasteiger partial charge in [0.15, 0.2) is 6.10 Å². The standard InChI is InChI=1S/C30H26ClNO5/c1-18(27(33)20-10-13-23(31)14-11-20)37-30(36)22-8-5-9-24(16-22)32-28(34)25-15-12-21(17-26(25)29(32)35)19-6-3-2-4-7-19/h2-11,13-14,16,18,21,25-26H,12,15,17H2,1H3/t18-,21-,25+,26+/m0/s1. The highest BCUT2D eigenvalue weighted by Crippen LogP contribution is 2.45. The van der Waals surface area contributed by atoms with E-state index in [0.29, 0.717) is 29.1 Å². The number of rotatable bonds is 6. The summed E-state index contributed by atoms with van der Waals surface area (Å²) in [5.41, 5.74) is 2.06. The van der Waals surface area contributed by atoms with Crippen molar-refractivity contribution in [2.45, 2.75) is 38.2 Å². The van der Waals surface area contributed by atoms with Crippen LogP contribution < -0.4 is 4.90 Å². The molecule has 2 aliphatic rings. The summed E-state index contributed by atoms with van der Waals surface area (Å²) in [6.45, 7) is 1.50. The van der Waals surface area contributed by atoms with Crippen molar-refractivity contribution in [2.75, 3.05) is 4.90 Å². The Bertz CT molecular complexity index is 1350. The van der Waals surface area contributed by atoms with Crippen molar-refractivity contribution in [3.8, 4) is 0 Å². The van der Waals surface area contributed by atoms with E-state index in [1.54, 1.807) is 36.4 Å². The predicted octanol–water partition coefficient (Wildman–Crippen LogP) is 5.84. The van der Waals surface area contributed by atoms with Crippen LogP contribution >= 0.6 is 11.6 Å². The number of ketones is 1. The molecule has 1 aliphatic carbocycles. The molecule has 2 fully saturated rings. The third-order valence-electron chi connectivity index (χ3n) is 7.32. The molecule has 2 amide bonds. The normalized spacial score (nSPS) is 21.9. The molecule has 188 valence electrons. The van der Waals surface area contributed by atoms with Gasteiger partial charge in [0.1, 0.15) is 0 Å². The van der Waals surface area contributed by atoms with E-state index >= 15 is 0 Å². The number of fused-ring (bicyclic) bond motifs is 1. The van der Waals surface area contributed by atoms with Crippen LogP contribution in [0.15, 0.2) is 78.9 Å². The van der Waals surface area contributed by atoms with Crippen molar-refractivity contribution in [3.63, 3.8) is 0 Å². The molecule has 5 rings (SSSR count). The lowest BCUT2D eigenvalue weighted by molar-refractivity contribution is -0.122. The monoisotopic (exact) mass is 515 g/mol. The van der Waals surface area contributed by atoms with Crippen molar-refractivity contribution >= 4 is 40.9 Å². The molecule has 6 nitrogen and oxygen atoms in total. The van der Waals surface area contributed by atoms with Gasteiger partial charge in [-0.15, -0.1) is 0 Å². The van der Waals surface area contributed by atoms with Crippen LogP contribution in [0.3, 0.4) is 0 Å². The summed E-state index contributed by atoms with van der Waals surface area (Å²) in [5, 5.41) is 0.499. The highest BCUT2D eigenvalue weighted by Gasteiger charge is 2.50. The Morgan fingerprint density at radius 1 is 0.865 bits per heavy atom. The summed E-state index contributed by atoms with van der Waals surface area (Å²) in [6.07, 6.45) is 1.11. The van der Waals surface area contributed by atoms with Gasteiger partial charge in [0, 0.05) is 10.6 Å². The predicted molar refractivity (Wildman–Crippen MR) is 140 cm³/mol. The highest BCUT2D eigenvalue weighted by molar-refractivity contribution is 6.30. The van der Waals surface area contributed by atoms with E-state index in [4.69, 9.17) is 16.3 Å². The van der Waals surface area contributed by atoms with Crippen LogP contribution in [0.25, 0.3) is 0 Å². The third-order valence-corrected chi connectivity index (χ3v) is 7.57. The minimum atomic E-state index is -1.02. The zero-order chi connectivity index (χ0) is 26.1. The molecular weight excluding hydrogens is 490 g/mol. The molecule has 37 heavy (non-hydrogen) atoms. The number of nitrogens with zero attached hydrogens (tertiary/aromatic N) is 1. The van der Waals surface area contributed by atoms with Crippen LogP contribution in [0, 0.1) is 11.8 Å². The molecule has 0 spiro atoms. The Morgan fingerprint density at radius 3 is 2.30 bits per heavy atom. The first-order valence-electron chi connectivity index (χ1n) is 12.4. The van der Waals surface area contributed by atoms with E-state index in [9.17, 15) is 19.2 Å². The SMILES string of the molecule is C[C@H](OC(=O)c1cccc(N2C(=O)[C@@H]3CC[C@H](c4ccccc4)C[C@H]3C2=O)c1)C(=O)c1ccc(Cl)cc1. The van der Waals surface area contributed by atoms with E-state index in [2.05, 4.69) is 12.1 Å². The molecule has 0 radical (unpaired) electrons.